The summed E-state index contributed by atoms with van der Waals surface area (Å²) in [5.74, 6) is 0.291. The van der Waals surface area contributed by atoms with Gasteiger partial charge < -0.3 is 19.9 Å². The summed E-state index contributed by atoms with van der Waals surface area (Å²) in [5, 5.41) is 2.84. The standard InChI is InChI=1S/C19H22N4O3/c1-13-19(25)23(10-9-22(2)3)16-11-15(6-7-17(16)26-13)21-18(24)14-5-4-8-20-12-14/h4-8,11-13H,9-10H2,1-3H3,(H,21,24). The minimum absolute atomic E-state index is 0.0879. The molecule has 2 heterocycles. The van der Waals surface area contributed by atoms with Crippen LogP contribution < -0.4 is 15.0 Å². The van der Waals surface area contributed by atoms with Crippen molar-refractivity contribution in [3.8, 4) is 5.75 Å². The minimum atomic E-state index is -0.527. The van der Waals surface area contributed by atoms with E-state index in [1.54, 1.807) is 48.4 Å². The molecule has 7 heteroatoms. The summed E-state index contributed by atoms with van der Waals surface area (Å²) in [6, 6.07) is 8.71. The van der Waals surface area contributed by atoms with E-state index in [0.29, 0.717) is 29.2 Å². The van der Waals surface area contributed by atoms with Gasteiger partial charge in [-0.05, 0) is 51.4 Å². The number of nitrogens with one attached hydrogen (secondary N) is 1. The quantitative estimate of drug-likeness (QED) is 0.889. The number of likely N-dealkylation sites (N-methyl/N-ethyl adjacent to an activating group) is 1. The molecule has 0 fully saturated rings. The van der Waals surface area contributed by atoms with Crippen LogP contribution in [0.3, 0.4) is 0 Å². The summed E-state index contributed by atoms with van der Waals surface area (Å²) in [6.07, 6.45) is 2.59. The van der Waals surface area contributed by atoms with E-state index in [1.165, 1.54) is 6.20 Å². The molecule has 0 saturated carbocycles. The van der Waals surface area contributed by atoms with Crippen molar-refractivity contribution in [3.05, 3.63) is 48.3 Å². The van der Waals surface area contributed by atoms with Crippen LogP contribution in [0.1, 0.15) is 17.3 Å². The van der Waals surface area contributed by atoms with Crippen LogP contribution in [0.5, 0.6) is 5.75 Å². The number of nitrogens with zero attached hydrogens (tertiary/aromatic N) is 3. The van der Waals surface area contributed by atoms with E-state index in [2.05, 4.69) is 10.3 Å². The molecule has 0 aliphatic carbocycles. The first-order chi connectivity index (χ1) is 12.5. The molecule has 1 unspecified atom stereocenters. The molecule has 7 nitrogen and oxygen atoms in total. The summed E-state index contributed by atoms with van der Waals surface area (Å²) in [4.78, 5) is 32.5. The predicted molar refractivity (Wildman–Crippen MR) is 99.6 cm³/mol. The van der Waals surface area contributed by atoms with E-state index in [0.717, 1.165) is 6.54 Å². The molecule has 1 N–H and O–H groups in total. The molecule has 136 valence electrons. The van der Waals surface area contributed by atoms with Crippen molar-refractivity contribution < 1.29 is 14.3 Å². The second kappa shape index (κ2) is 7.53. The van der Waals surface area contributed by atoms with E-state index >= 15 is 0 Å². The van der Waals surface area contributed by atoms with Gasteiger partial charge in [0.15, 0.2) is 6.10 Å². The van der Waals surface area contributed by atoms with Crippen molar-refractivity contribution in [1.29, 1.82) is 0 Å². The Morgan fingerprint density at radius 1 is 1.35 bits per heavy atom. The fourth-order valence-electron chi connectivity index (χ4n) is 2.72. The van der Waals surface area contributed by atoms with Crippen molar-refractivity contribution in [1.82, 2.24) is 9.88 Å². The molecule has 1 aromatic heterocycles. The number of anilines is 2. The number of benzene rings is 1. The second-order valence-electron chi connectivity index (χ2n) is 6.43. The number of rotatable bonds is 5. The third-order valence-corrected chi connectivity index (χ3v) is 4.12. The van der Waals surface area contributed by atoms with Gasteiger partial charge in [0.25, 0.3) is 11.8 Å². The zero-order valence-corrected chi connectivity index (χ0v) is 15.1. The monoisotopic (exact) mass is 354 g/mol. The van der Waals surface area contributed by atoms with Gasteiger partial charge in [0.2, 0.25) is 0 Å². The van der Waals surface area contributed by atoms with Crippen molar-refractivity contribution in [2.45, 2.75) is 13.0 Å². The lowest BCUT2D eigenvalue weighted by atomic mass is 10.1. The van der Waals surface area contributed by atoms with Gasteiger partial charge in [-0.25, -0.2) is 0 Å². The lowest BCUT2D eigenvalue weighted by molar-refractivity contribution is -0.125. The maximum Gasteiger partial charge on any atom is 0.267 e. The molecular formula is C19H22N4O3. The molecule has 1 aromatic carbocycles. The van der Waals surface area contributed by atoms with E-state index in [-0.39, 0.29) is 11.8 Å². The number of aromatic nitrogens is 1. The van der Waals surface area contributed by atoms with Crippen molar-refractivity contribution in [2.24, 2.45) is 0 Å². The Morgan fingerprint density at radius 2 is 2.15 bits per heavy atom. The van der Waals surface area contributed by atoms with Crippen LogP contribution in [0.25, 0.3) is 0 Å². The summed E-state index contributed by atoms with van der Waals surface area (Å²) < 4.78 is 5.70. The molecule has 0 spiro atoms. The fraction of sp³-hybridized carbons (Fsp3) is 0.316. The Morgan fingerprint density at radius 3 is 2.85 bits per heavy atom. The van der Waals surface area contributed by atoms with Crippen LogP contribution >= 0.6 is 0 Å². The summed E-state index contributed by atoms with van der Waals surface area (Å²) >= 11 is 0. The number of fused-ring (bicyclic) bond motifs is 1. The van der Waals surface area contributed by atoms with Gasteiger partial charge in [0, 0.05) is 31.2 Å². The van der Waals surface area contributed by atoms with Gasteiger partial charge >= 0.3 is 0 Å². The number of carbonyl (C=O) groups excluding carboxylic acids is 2. The second-order valence-corrected chi connectivity index (χ2v) is 6.43. The lowest BCUT2D eigenvalue weighted by Crippen LogP contribution is -2.46. The van der Waals surface area contributed by atoms with Crippen LogP contribution in [-0.4, -0.2) is 55.0 Å². The Hall–Kier alpha value is -2.93. The zero-order valence-electron chi connectivity index (χ0n) is 15.1. The SMILES string of the molecule is CC1Oc2ccc(NC(=O)c3cccnc3)cc2N(CCN(C)C)C1=O. The summed E-state index contributed by atoms with van der Waals surface area (Å²) in [5.41, 5.74) is 1.73. The maximum atomic E-state index is 12.5. The maximum absolute atomic E-state index is 12.5. The number of hydrogen-bond acceptors (Lipinski definition) is 5. The van der Waals surface area contributed by atoms with E-state index < -0.39 is 6.10 Å². The average Bonchev–Trinajstić information content (AvgIpc) is 2.63. The Kier molecular flexibility index (Phi) is 5.18. The van der Waals surface area contributed by atoms with Gasteiger partial charge in [-0.3, -0.25) is 14.6 Å². The number of carbonyl (C=O) groups is 2. The first-order valence-corrected chi connectivity index (χ1v) is 8.44. The highest BCUT2D eigenvalue weighted by molar-refractivity contribution is 6.05. The predicted octanol–water partition coefficient (Wildman–Crippen LogP) is 2.01. The van der Waals surface area contributed by atoms with Crippen LogP contribution in [0.2, 0.25) is 0 Å². The van der Waals surface area contributed by atoms with E-state index in [9.17, 15) is 9.59 Å². The van der Waals surface area contributed by atoms with Gasteiger partial charge in [0.1, 0.15) is 5.75 Å². The zero-order chi connectivity index (χ0) is 18.7. The average molecular weight is 354 g/mol. The van der Waals surface area contributed by atoms with Crippen molar-refractivity contribution in [3.63, 3.8) is 0 Å². The topological polar surface area (TPSA) is 74.8 Å². The fourth-order valence-corrected chi connectivity index (χ4v) is 2.72. The van der Waals surface area contributed by atoms with Gasteiger partial charge in [-0.1, -0.05) is 0 Å². The highest BCUT2D eigenvalue weighted by atomic mass is 16.5. The Bertz CT molecular complexity index is 808. The van der Waals surface area contributed by atoms with Crippen LogP contribution in [-0.2, 0) is 4.79 Å². The molecule has 1 aliphatic rings. The number of hydrogen-bond donors (Lipinski definition) is 1. The lowest BCUT2D eigenvalue weighted by Gasteiger charge is -2.34. The van der Waals surface area contributed by atoms with Crippen LogP contribution in [0.4, 0.5) is 11.4 Å². The molecule has 26 heavy (non-hydrogen) atoms. The molecule has 1 aliphatic heterocycles. The first kappa shape index (κ1) is 17.9. The molecule has 2 aromatic rings. The molecule has 0 bridgehead atoms. The van der Waals surface area contributed by atoms with E-state index in [4.69, 9.17) is 4.74 Å². The van der Waals surface area contributed by atoms with Crippen molar-refractivity contribution in [2.75, 3.05) is 37.4 Å². The normalized spacial score (nSPS) is 16.2. The summed E-state index contributed by atoms with van der Waals surface area (Å²) in [7, 11) is 3.92. The third kappa shape index (κ3) is 3.83. The van der Waals surface area contributed by atoms with E-state index in [1.807, 2.05) is 19.0 Å². The molecule has 1 atom stereocenters. The van der Waals surface area contributed by atoms with Gasteiger partial charge in [0.05, 0.1) is 11.3 Å². The molecule has 0 radical (unpaired) electrons. The molecule has 2 amide bonds. The smallest absolute Gasteiger partial charge is 0.267 e. The highest BCUT2D eigenvalue weighted by Crippen LogP contribution is 2.36. The minimum Gasteiger partial charge on any atom is -0.479 e. The highest BCUT2D eigenvalue weighted by Gasteiger charge is 2.31. The van der Waals surface area contributed by atoms with Crippen LogP contribution in [0.15, 0.2) is 42.7 Å². The molecule has 0 saturated heterocycles. The number of pyridine rings is 1. The Labute approximate surface area is 152 Å². The molecular weight excluding hydrogens is 332 g/mol. The first-order valence-electron chi connectivity index (χ1n) is 8.44. The Balaban J connectivity index is 1.85. The van der Waals surface area contributed by atoms with Crippen molar-refractivity contribution >= 4 is 23.2 Å². The number of amides is 2. The number of ether oxygens (including phenoxy) is 1. The third-order valence-electron chi connectivity index (χ3n) is 4.12. The molecule has 3 rings (SSSR count). The summed E-state index contributed by atoms with van der Waals surface area (Å²) in [6.45, 7) is 3.02. The van der Waals surface area contributed by atoms with Gasteiger partial charge in [-0.2, -0.15) is 0 Å². The largest absolute Gasteiger partial charge is 0.479 e. The van der Waals surface area contributed by atoms with Crippen LogP contribution in [0, 0.1) is 0 Å². The van der Waals surface area contributed by atoms with Gasteiger partial charge in [-0.15, -0.1) is 0 Å².